The van der Waals surface area contributed by atoms with Crippen LogP contribution in [0.4, 0.5) is 5.69 Å². The molecule has 5 heteroatoms. The Kier molecular flexibility index (Phi) is 3.62. The Morgan fingerprint density at radius 1 is 1.39 bits per heavy atom. The molecule has 1 fully saturated rings. The number of amides is 1. The minimum absolute atomic E-state index is 0.0155. The number of carboxylic acids is 1. The number of hydrogen-bond acceptors (Lipinski definition) is 3. The van der Waals surface area contributed by atoms with Gasteiger partial charge in [-0.25, -0.2) is 4.79 Å². The fraction of sp³-hybridized carbons (Fsp3) is 0.231. The number of piperazine rings is 1. The highest BCUT2D eigenvalue weighted by Crippen LogP contribution is 2.22. The molecule has 0 aromatic heterocycles. The second-order valence-corrected chi connectivity index (χ2v) is 4.00. The normalized spacial score (nSPS) is 15.8. The van der Waals surface area contributed by atoms with Crippen LogP contribution in [0.25, 0.3) is 6.08 Å². The largest absolute Gasteiger partial charge is 0.478 e. The number of anilines is 1. The average molecular weight is 246 g/mol. The third-order valence-electron chi connectivity index (χ3n) is 2.72. The lowest BCUT2D eigenvalue weighted by Crippen LogP contribution is -2.47. The van der Waals surface area contributed by atoms with Crippen molar-refractivity contribution >= 4 is 23.6 Å². The molecule has 18 heavy (non-hydrogen) atoms. The molecule has 0 saturated carbocycles. The standard InChI is InChI=1S/C13H14N2O3/c16-12-9-15(8-7-14-12)11-4-2-1-3-10(11)5-6-13(17)18/h1-6H,7-9H2,(H,14,16)(H,17,18)/b6-5+. The Balaban J connectivity index is 2.26. The molecule has 0 atom stereocenters. The molecule has 0 spiro atoms. The van der Waals surface area contributed by atoms with Crippen molar-refractivity contribution in [3.8, 4) is 0 Å². The minimum atomic E-state index is -0.985. The number of carboxylic acid groups (broad SMARTS) is 1. The molecule has 0 bridgehead atoms. The van der Waals surface area contributed by atoms with E-state index in [1.165, 1.54) is 0 Å². The molecule has 94 valence electrons. The summed E-state index contributed by atoms with van der Waals surface area (Å²) in [7, 11) is 0. The van der Waals surface area contributed by atoms with Crippen molar-refractivity contribution in [2.24, 2.45) is 0 Å². The van der Waals surface area contributed by atoms with Crippen LogP contribution in [0.1, 0.15) is 5.56 Å². The molecular formula is C13H14N2O3. The predicted molar refractivity (Wildman–Crippen MR) is 68.3 cm³/mol. The summed E-state index contributed by atoms with van der Waals surface area (Å²) in [4.78, 5) is 23.9. The van der Waals surface area contributed by atoms with Crippen molar-refractivity contribution in [1.82, 2.24) is 5.32 Å². The molecule has 1 aromatic rings. The Hall–Kier alpha value is -2.30. The number of nitrogens with one attached hydrogen (secondary N) is 1. The summed E-state index contributed by atoms with van der Waals surface area (Å²) >= 11 is 0. The van der Waals surface area contributed by atoms with Crippen molar-refractivity contribution < 1.29 is 14.7 Å². The third kappa shape index (κ3) is 2.88. The van der Waals surface area contributed by atoms with E-state index in [2.05, 4.69) is 5.32 Å². The molecule has 1 amide bonds. The third-order valence-corrected chi connectivity index (χ3v) is 2.72. The van der Waals surface area contributed by atoms with Gasteiger partial charge in [0.1, 0.15) is 0 Å². The van der Waals surface area contributed by atoms with E-state index in [0.717, 1.165) is 23.9 Å². The molecular weight excluding hydrogens is 232 g/mol. The lowest BCUT2D eigenvalue weighted by atomic mass is 10.1. The van der Waals surface area contributed by atoms with Crippen molar-refractivity contribution in [2.45, 2.75) is 0 Å². The second kappa shape index (κ2) is 5.35. The first-order valence-electron chi connectivity index (χ1n) is 5.68. The van der Waals surface area contributed by atoms with Crippen LogP contribution >= 0.6 is 0 Å². The zero-order valence-corrected chi connectivity index (χ0v) is 9.80. The maximum Gasteiger partial charge on any atom is 0.328 e. The van der Waals surface area contributed by atoms with Crippen molar-refractivity contribution in [3.05, 3.63) is 35.9 Å². The monoisotopic (exact) mass is 246 g/mol. The summed E-state index contributed by atoms with van der Waals surface area (Å²) < 4.78 is 0. The van der Waals surface area contributed by atoms with Gasteiger partial charge in [-0.05, 0) is 17.7 Å². The molecule has 0 unspecified atom stereocenters. The molecule has 2 rings (SSSR count). The lowest BCUT2D eigenvalue weighted by Gasteiger charge is -2.29. The topological polar surface area (TPSA) is 69.6 Å². The summed E-state index contributed by atoms with van der Waals surface area (Å²) in [5, 5.41) is 11.4. The van der Waals surface area contributed by atoms with E-state index < -0.39 is 5.97 Å². The first-order chi connectivity index (χ1) is 8.66. The number of benzene rings is 1. The molecule has 1 saturated heterocycles. The Bertz CT molecular complexity index is 497. The van der Waals surface area contributed by atoms with Crippen molar-refractivity contribution in [3.63, 3.8) is 0 Å². The van der Waals surface area contributed by atoms with Gasteiger partial charge in [0.05, 0.1) is 6.54 Å². The fourth-order valence-corrected chi connectivity index (χ4v) is 1.92. The zero-order valence-electron chi connectivity index (χ0n) is 9.80. The van der Waals surface area contributed by atoms with Crippen LogP contribution in [-0.2, 0) is 9.59 Å². The van der Waals surface area contributed by atoms with E-state index in [4.69, 9.17) is 5.11 Å². The minimum Gasteiger partial charge on any atom is -0.478 e. The van der Waals surface area contributed by atoms with Gasteiger partial charge in [-0.2, -0.15) is 0 Å². The van der Waals surface area contributed by atoms with Gasteiger partial charge in [-0.1, -0.05) is 18.2 Å². The first kappa shape index (κ1) is 12.2. The number of carbonyl (C=O) groups is 2. The summed E-state index contributed by atoms with van der Waals surface area (Å²) in [5.41, 5.74) is 1.68. The van der Waals surface area contributed by atoms with Gasteiger partial charge in [0.2, 0.25) is 5.91 Å². The molecule has 1 aromatic carbocycles. The SMILES string of the molecule is O=C(O)/C=C/c1ccccc1N1CCNC(=O)C1. The Labute approximate surface area is 105 Å². The van der Waals surface area contributed by atoms with E-state index in [9.17, 15) is 9.59 Å². The predicted octanol–water partition coefficient (Wildman–Crippen LogP) is 0.721. The van der Waals surface area contributed by atoms with Crippen molar-refractivity contribution in [1.29, 1.82) is 0 Å². The second-order valence-electron chi connectivity index (χ2n) is 4.00. The zero-order chi connectivity index (χ0) is 13.0. The van der Waals surface area contributed by atoms with E-state index >= 15 is 0 Å². The van der Waals surface area contributed by atoms with Crippen LogP contribution < -0.4 is 10.2 Å². The van der Waals surface area contributed by atoms with Crippen LogP contribution in [0.3, 0.4) is 0 Å². The van der Waals surface area contributed by atoms with Crippen LogP contribution in [0, 0.1) is 0 Å². The van der Waals surface area contributed by atoms with Gasteiger partial charge in [-0.15, -0.1) is 0 Å². The van der Waals surface area contributed by atoms with Gasteiger partial charge in [0.25, 0.3) is 0 Å². The number of nitrogens with zero attached hydrogens (tertiary/aromatic N) is 1. The highest BCUT2D eigenvalue weighted by Gasteiger charge is 2.17. The maximum absolute atomic E-state index is 11.4. The Morgan fingerprint density at radius 2 is 2.17 bits per heavy atom. The number of carbonyl (C=O) groups excluding carboxylic acids is 1. The van der Waals surface area contributed by atoms with E-state index in [1.807, 2.05) is 29.2 Å². The van der Waals surface area contributed by atoms with Gasteiger partial charge < -0.3 is 15.3 Å². The van der Waals surface area contributed by atoms with Gasteiger partial charge in [0.15, 0.2) is 0 Å². The first-order valence-corrected chi connectivity index (χ1v) is 5.68. The summed E-state index contributed by atoms with van der Waals surface area (Å²) in [5.74, 6) is -1.00. The number of rotatable bonds is 3. The molecule has 1 aliphatic heterocycles. The van der Waals surface area contributed by atoms with E-state index in [0.29, 0.717) is 13.1 Å². The number of hydrogen-bond donors (Lipinski definition) is 2. The van der Waals surface area contributed by atoms with E-state index in [1.54, 1.807) is 6.08 Å². The van der Waals surface area contributed by atoms with Crippen LogP contribution in [0.15, 0.2) is 30.3 Å². The number of para-hydroxylation sites is 1. The highest BCUT2D eigenvalue weighted by atomic mass is 16.4. The van der Waals surface area contributed by atoms with Crippen molar-refractivity contribution in [2.75, 3.05) is 24.5 Å². The Morgan fingerprint density at radius 3 is 2.89 bits per heavy atom. The summed E-state index contributed by atoms with van der Waals surface area (Å²) in [6, 6.07) is 7.44. The highest BCUT2D eigenvalue weighted by molar-refractivity contribution is 5.88. The molecule has 0 aliphatic carbocycles. The van der Waals surface area contributed by atoms with E-state index in [-0.39, 0.29) is 5.91 Å². The summed E-state index contributed by atoms with van der Waals surface area (Å²) in [6.07, 6.45) is 2.65. The van der Waals surface area contributed by atoms with Gasteiger partial charge in [0, 0.05) is 24.9 Å². The number of aliphatic carboxylic acids is 1. The molecule has 2 N–H and O–H groups in total. The smallest absolute Gasteiger partial charge is 0.328 e. The average Bonchev–Trinajstić information content (AvgIpc) is 2.36. The fourth-order valence-electron chi connectivity index (χ4n) is 1.92. The van der Waals surface area contributed by atoms with Crippen LogP contribution in [-0.4, -0.2) is 36.6 Å². The molecule has 5 nitrogen and oxygen atoms in total. The van der Waals surface area contributed by atoms with Gasteiger partial charge in [-0.3, -0.25) is 4.79 Å². The quantitative estimate of drug-likeness (QED) is 0.771. The molecule has 1 aliphatic rings. The van der Waals surface area contributed by atoms with Gasteiger partial charge >= 0.3 is 5.97 Å². The lowest BCUT2D eigenvalue weighted by molar-refractivity contribution is -0.131. The van der Waals surface area contributed by atoms with Crippen LogP contribution in [0.5, 0.6) is 0 Å². The summed E-state index contributed by atoms with van der Waals surface area (Å²) in [6.45, 7) is 1.64. The van der Waals surface area contributed by atoms with Crippen LogP contribution in [0.2, 0.25) is 0 Å². The maximum atomic E-state index is 11.4. The molecule has 0 radical (unpaired) electrons. The molecule has 1 heterocycles.